The van der Waals surface area contributed by atoms with E-state index in [1.54, 1.807) is 30.3 Å². The van der Waals surface area contributed by atoms with E-state index in [-0.39, 0.29) is 18.3 Å². The third-order valence-corrected chi connectivity index (χ3v) is 3.23. The Morgan fingerprint density at radius 1 is 1.26 bits per heavy atom. The molecule has 0 aliphatic rings. The summed E-state index contributed by atoms with van der Waals surface area (Å²) in [7, 11) is 0. The Morgan fingerprint density at radius 2 is 2.11 bits per heavy atom. The van der Waals surface area contributed by atoms with Gasteiger partial charge >= 0.3 is 0 Å². The number of ketones is 1. The molecule has 0 unspecified atom stereocenters. The molecule has 1 heterocycles. The summed E-state index contributed by atoms with van der Waals surface area (Å²) in [5.41, 5.74) is 0.647. The number of Topliss-reactive ketones (excluding diaryl/α,β-unsaturated/α-hetero) is 1. The second kappa shape index (κ2) is 6.15. The highest BCUT2D eigenvalue weighted by Gasteiger charge is 2.07. The minimum atomic E-state index is -0.146. The first-order valence-electron chi connectivity index (χ1n) is 5.72. The quantitative estimate of drug-likeness (QED) is 0.853. The monoisotopic (exact) mass is 275 g/mol. The lowest BCUT2D eigenvalue weighted by molar-refractivity contribution is -0.114. The average Bonchev–Trinajstić information content (AvgIpc) is 2.89. The Bertz CT molecular complexity index is 578. The van der Waals surface area contributed by atoms with Gasteiger partial charge in [-0.1, -0.05) is 12.1 Å². The summed E-state index contributed by atoms with van der Waals surface area (Å²) < 4.78 is 5.42. The maximum atomic E-state index is 11.8. The van der Waals surface area contributed by atoms with Gasteiger partial charge in [0.05, 0.1) is 4.88 Å². The molecule has 0 bridgehead atoms. The van der Waals surface area contributed by atoms with Crippen molar-refractivity contribution in [1.29, 1.82) is 0 Å². The van der Waals surface area contributed by atoms with Crippen LogP contribution in [0.4, 0.5) is 5.69 Å². The fraction of sp³-hybridized carbons (Fsp3) is 0.143. The summed E-state index contributed by atoms with van der Waals surface area (Å²) in [6.45, 7) is 1.43. The number of carbonyl (C=O) groups is 2. The van der Waals surface area contributed by atoms with E-state index in [9.17, 15) is 9.59 Å². The zero-order valence-electron chi connectivity index (χ0n) is 10.4. The first-order valence-corrected chi connectivity index (χ1v) is 6.60. The Balaban J connectivity index is 1.96. The topological polar surface area (TPSA) is 55.4 Å². The molecule has 1 aromatic heterocycles. The molecule has 0 fully saturated rings. The summed E-state index contributed by atoms with van der Waals surface area (Å²) in [6.07, 6.45) is 0. The van der Waals surface area contributed by atoms with Crippen LogP contribution in [-0.2, 0) is 4.79 Å². The molecule has 1 aromatic carbocycles. The van der Waals surface area contributed by atoms with Crippen molar-refractivity contribution in [2.45, 2.75) is 6.92 Å². The van der Waals surface area contributed by atoms with Crippen LogP contribution in [0, 0.1) is 0 Å². The van der Waals surface area contributed by atoms with Crippen molar-refractivity contribution in [1.82, 2.24) is 0 Å². The summed E-state index contributed by atoms with van der Waals surface area (Å²) in [4.78, 5) is 23.4. The molecule has 1 amide bonds. The Morgan fingerprint density at radius 3 is 2.79 bits per heavy atom. The van der Waals surface area contributed by atoms with Crippen LogP contribution in [0.3, 0.4) is 0 Å². The van der Waals surface area contributed by atoms with Crippen LogP contribution in [0.5, 0.6) is 5.75 Å². The normalized spacial score (nSPS) is 9.95. The smallest absolute Gasteiger partial charge is 0.221 e. The van der Waals surface area contributed by atoms with Crippen molar-refractivity contribution in [3.8, 4) is 5.75 Å². The van der Waals surface area contributed by atoms with Gasteiger partial charge in [0.2, 0.25) is 11.7 Å². The molecule has 1 N–H and O–H groups in total. The molecule has 0 aliphatic heterocycles. The number of hydrogen-bond donors (Lipinski definition) is 1. The highest BCUT2D eigenvalue weighted by Crippen LogP contribution is 2.18. The number of amides is 1. The number of thiophene rings is 1. The molecule has 4 nitrogen and oxygen atoms in total. The van der Waals surface area contributed by atoms with Crippen molar-refractivity contribution in [2.75, 3.05) is 11.9 Å². The van der Waals surface area contributed by atoms with Crippen molar-refractivity contribution < 1.29 is 14.3 Å². The SMILES string of the molecule is CC(=O)Nc1cccc(OCC(=O)c2cccs2)c1. The van der Waals surface area contributed by atoms with Crippen molar-refractivity contribution >= 4 is 28.7 Å². The highest BCUT2D eigenvalue weighted by atomic mass is 32.1. The second-order valence-corrected chi connectivity index (χ2v) is 4.85. The van der Waals surface area contributed by atoms with Crippen LogP contribution >= 0.6 is 11.3 Å². The summed E-state index contributed by atoms with van der Waals surface area (Å²) in [5, 5.41) is 4.51. The van der Waals surface area contributed by atoms with E-state index in [1.807, 2.05) is 11.4 Å². The van der Waals surface area contributed by atoms with E-state index >= 15 is 0 Å². The van der Waals surface area contributed by atoms with Gasteiger partial charge < -0.3 is 10.1 Å². The van der Waals surface area contributed by atoms with E-state index in [4.69, 9.17) is 4.74 Å². The molecular weight excluding hydrogens is 262 g/mol. The molecule has 2 rings (SSSR count). The summed E-state index contributed by atoms with van der Waals surface area (Å²) in [5.74, 6) is 0.350. The van der Waals surface area contributed by atoms with Crippen LogP contribution in [0.2, 0.25) is 0 Å². The minimum absolute atomic E-state index is 0.00988. The van der Waals surface area contributed by atoms with Gasteiger partial charge in [0, 0.05) is 18.7 Å². The predicted octanol–water partition coefficient (Wildman–Crippen LogP) is 2.97. The zero-order chi connectivity index (χ0) is 13.7. The second-order valence-electron chi connectivity index (χ2n) is 3.90. The molecule has 0 aliphatic carbocycles. The number of rotatable bonds is 5. The van der Waals surface area contributed by atoms with Gasteiger partial charge in [-0.2, -0.15) is 0 Å². The molecule has 98 valence electrons. The Kier molecular flexibility index (Phi) is 4.30. The standard InChI is InChI=1S/C14H13NO3S/c1-10(16)15-11-4-2-5-12(8-11)18-9-13(17)14-6-3-7-19-14/h2-8H,9H2,1H3,(H,15,16). The highest BCUT2D eigenvalue weighted by molar-refractivity contribution is 7.12. The van der Waals surface area contributed by atoms with Gasteiger partial charge in [-0.15, -0.1) is 11.3 Å². The van der Waals surface area contributed by atoms with Gasteiger partial charge in [0.1, 0.15) is 5.75 Å². The lowest BCUT2D eigenvalue weighted by Crippen LogP contribution is -2.10. The average molecular weight is 275 g/mol. The summed E-state index contributed by atoms with van der Waals surface area (Å²) >= 11 is 1.39. The molecule has 0 saturated heterocycles. The van der Waals surface area contributed by atoms with Crippen molar-refractivity contribution in [3.05, 3.63) is 46.7 Å². The van der Waals surface area contributed by atoms with Crippen molar-refractivity contribution in [2.24, 2.45) is 0 Å². The number of benzene rings is 1. The van der Waals surface area contributed by atoms with E-state index in [2.05, 4.69) is 5.32 Å². The fourth-order valence-electron chi connectivity index (χ4n) is 1.52. The van der Waals surface area contributed by atoms with Crippen molar-refractivity contribution in [3.63, 3.8) is 0 Å². The third kappa shape index (κ3) is 3.93. The number of anilines is 1. The van der Waals surface area contributed by atoms with Gasteiger partial charge in [0.25, 0.3) is 0 Å². The molecular formula is C14H13NO3S. The van der Waals surface area contributed by atoms with E-state index < -0.39 is 0 Å². The van der Waals surface area contributed by atoms with Gasteiger partial charge in [0.15, 0.2) is 6.61 Å². The zero-order valence-corrected chi connectivity index (χ0v) is 11.2. The van der Waals surface area contributed by atoms with Gasteiger partial charge in [-0.25, -0.2) is 0 Å². The molecule has 19 heavy (non-hydrogen) atoms. The van der Waals surface area contributed by atoms with E-state index in [0.29, 0.717) is 16.3 Å². The van der Waals surface area contributed by atoms with Crippen LogP contribution in [0.1, 0.15) is 16.6 Å². The lowest BCUT2D eigenvalue weighted by atomic mass is 10.3. The van der Waals surface area contributed by atoms with E-state index in [0.717, 1.165) is 0 Å². The number of ether oxygens (including phenoxy) is 1. The van der Waals surface area contributed by atoms with Crippen LogP contribution in [0.15, 0.2) is 41.8 Å². The number of hydrogen-bond acceptors (Lipinski definition) is 4. The Labute approximate surface area is 115 Å². The largest absolute Gasteiger partial charge is 0.485 e. The molecule has 2 aromatic rings. The van der Waals surface area contributed by atoms with Crippen LogP contribution < -0.4 is 10.1 Å². The van der Waals surface area contributed by atoms with Crippen LogP contribution in [-0.4, -0.2) is 18.3 Å². The first kappa shape index (κ1) is 13.3. The van der Waals surface area contributed by atoms with Gasteiger partial charge in [-0.3, -0.25) is 9.59 Å². The first-order chi connectivity index (χ1) is 9.15. The number of carbonyl (C=O) groups excluding carboxylic acids is 2. The molecule has 5 heteroatoms. The van der Waals surface area contributed by atoms with E-state index in [1.165, 1.54) is 18.3 Å². The maximum absolute atomic E-state index is 11.8. The molecule has 0 spiro atoms. The molecule has 0 atom stereocenters. The van der Waals surface area contributed by atoms with Gasteiger partial charge in [-0.05, 0) is 23.6 Å². The van der Waals surface area contributed by atoms with Crippen LogP contribution in [0.25, 0.3) is 0 Å². The lowest BCUT2D eigenvalue weighted by Gasteiger charge is -2.07. The summed E-state index contributed by atoms with van der Waals surface area (Å²) in [6, 6.07) is 10.5. The minimum Gasteiger partial charge on any atom is -0.485 e. The third-order valence-electron chi connectivity index (χ3n) is 2.32. The molecule has 0 radical (unpaired) electrons. The Hall–Kier alpha value is -2.14. The predicted molar refractivity (Wildman–Crippen MR) is 74.9 cm³/mol. The number of nitrogens with one attached hydrogen (secondary N) is 1. The fourth-order valence-corrected chi connectivity index (χ4v) is 2.18. The molecule has 0 saturated carbocycles. The maximum Gasteiger partial charge on any atom is 0.221 e.